The summed E-state index contributed by atoms with van der Waals surface area (Å²) >= 11 is 0. The molecule has 1 aromatic carbocycles. The third kappa shape index (κ3) is 2.12. The molecule has 2 nitrogen and oxygen atoms in total. The molecule has 0 saturated heterocycles. The first-order valence-corrected chi connectivity index (χ1v) is 6.68. The van der Waals surface area contributed by atoms with Crippen LogP contribution in [0.15, 0.2) is 12.1 Å². The first-order chi connectivity index (χ1) is 8.64. The van der Waals surface area contributed by atoms with Crippen LogP contribution < -0.4 is 10.5 Å². The predicted molar refractivity (Wildman–Crippen MR) is 71.5 cm³/mol. The first-order valence-electron chi connectivity index (χ1n) is 6.68. The summed E-state index contributed by atoms with van der Waals surface area (Å²) in [6, 6.07) is 3.40. The molecular formula is C15H22FNO. The number of halogens is 1. The lowest BCUT2D eigenvalue weighted by atomic mass is 9.69. The smallest absolute Gasteiger partial charge is 0.129 e. The van der Waals surface area contributed by atoms with Gasteiger partial charge in [-0.25, -0.2) is 4.39 Å². The highest BCUT2D eigenvalue weighted by Crippen LogP contribution is 2.43. The van der Waals surface area contributed by atoms with Gasteiger partial charge in [0.05, 0.1) is 7.11 Å². The second-order valence-electron chi connectivity index (χ2n) is 5.30. The van der Waals surface area contributed by atoms with Crippen molar-refractivity contribution < 1.29 is 9.13 Å². The molecular weight excluding hydrogens is 229 g/mol. The molecule has 0 unspecified atom stereocenters. The van der Waals surface area contributed by atoms with Crippen LogP contribution in [0.4, 0.5) is 4.39 Å². The third-order valence-electron chi connectivity index (χ3n) is 4.32. The highest BCUT2D eigenvalue weighted by Gasteiger charge is 2.35. The Labute approximate surface area is 108 Å². The zero-order valence-corrected chi connectivity index (χ0v) is 11.3. The zero-order chi connectivity index (χ0) is 13.2. The fourth-order valence-corrected chi connectivity index (χ4v) is 3.16. The number of hydrogen-bond donors (Lipinski definition) is 1. The van der Waals surface area contributed by atoms with Gasteiger partial charge in [0.1, 0.15) is 11.6 Å². The second kappa shape index (κ2) is 5.27. The minimum Gasteiger partial charge on any atom is -0.496 e. The molecule has 0 aliphatic heterocycles. The largest absolute Gasteiger partial charge is 0.496 e. The number of ether oxygens (including phenoxy) is 1. The minimum absolute atomic E-state index is 0.0257. The Morgan fingerprint density at radius 3 is 2.50 bits per heavy atom. The number of methoxy groups -OCH3 is 1. The summed E-state index contributed by atoms with van der Waals surface area (Å²) in [6.07, 6.45) is 5.80. The van der Waals surface area contributed by atoms with Crippen molar-refractivity contribution >= 4 is 0 Å². The van der Waals surface area contributed by atoms with Gasteiger partial charge in [-0.2, -0.15) is 0 Å². The lowest BCUT2D eigenvalue weighted by Crippen LogP contribution is -2.37. The molecule has 0 bridgehead atoms. The van der Waals surface area contributed by atoms with Crippen LogP contribution in [0.5, 0.6) is 5.75 Å². The van der Waals surface area contributed by atoms with Crippen molar-refractivity contribution in [2.45, 2.75) is 44.4 Å². The minimum atomic E-state index is -0.210. The van der Waals surface area contributed by atoms with Gasteiger partial charge >= 0.3 is 0 Å². The van der Waals surface area contributed by atoms with Crippen LogP contribution in [0.25, 0.3) is 0 Å². The van der Waals surface area contributed by atoms with E-state index in [9.17, 15) is 4.39 Å². The summed E-state index contributed by atoms with van der Waals surface area (Å²) in [5, 5.41) is 0. The third-order valence-corrected chi connectivity index (χ3v) is 4.32. The molecule has 1 aliphatic rings. The molecule has 1 aliphatic carbocycles. The lowest BCUT2D eigenvalue weighted by molar-refractivity contribution is 0.286. The van der Waals surface area contributed by atoms with E-state index in [-0.39, 0.29) is 11.2 Å². The molecule has 0 radical (unpaired) electrons. The summed E-state index contributed by atoms with van der Waals surface area (Å²) in [7, 11) is 1.61. The topological polar surface area (TPSA) is 35.2 Å². The van der Waals surface area contributed by atoms with Crippen molar-refractivity contribution in [1.29, 1.82) is 0 Å². The summed E-state index contributed by atoms with van der Waals surface area (Å²) in [5.74, 6) is 0.473. The molecule has 1 saturated carbocycles. The average Bonchev–Trinajstić information content (AvgIpc) is 2.42. The van der Waals surface area contributed by atoms with Gasteiger partial charge in [0.15, 0.2) is 0 Å². The fraction of sp³-hybridized carbons (Fsp3) is 0.600. The maximum atomic E-state index is 13.6. The Balaban J connectivity index is 2.51. The molecule has 2 rings (SSSR count). The van der Waals surface area contributed by atoms with Gasteiger partial charge in [0, 0.05) is 23.1 Å². The zero-order valence-electron chi connectivity index (χ0n) is 11.3. The standard InChI is InChI=1S/C15H22FNO/c1-11-13(16)7-6-12(14(11)18-2)15(10-17)8-4-3-5-9-15/h6-7H,3-5,8-10,17H2,1-2H3. The Morgan fingerprint density at radius 2 is 1.94 bits per heavy atom. The van der Waals surface area contributed by atoms with Crippen molar-refractivity contribution in [2.24, 2.45) is 5.73 Å². The van der Waals surface area contributed by atoms with Crippen LogP contribution >= 0.6 is 0 Å². The highest BCUT2D eigenvalue weighted by atomic mass is 19.1. The Kier molecular flexibility index (Phi) is 3.91. The number of benzene rings is 1. The van der Waals surface area contributed by atoms with Crippen molar-refractivity contribution in [3.05, 3.63) is 29.1 Å². The van der Waals surface area contributed by atoms with E-state index < -0.39 is 0 Å². The van der Waals surface area contributed by atoms with Crippen molar-refractivity contribution in [2.75, 3.05) is 13.7 Å². The van der Waals surface area contributed by atoms with E-state index in [1.54, 1.807) is 20.1 Å². The van der Waals surface area contributed by atoms with E-state index in [1.807, 2.05) is 6.07 Å². The van der Waals surface area contributed by atoms with E-state index in [0.29, 0.717) is 17.9 Å². The fourth-order valence-electron chi connectivity index (χ4n) is 3.16. The molecule has 1 aromatic rings. The van der Waals surface area contributed by atoms with Crippen LogP contribution in [0, 0.1) is 12.7 Å². The van der Waals surface area contributed by atoms with Crippen molar-refractivity contribution in [3.8, 4) is 5.75 Å². The van der Waals surface area contributed by atoms with Crippen LogP contribution in [0.3, 0.4) is 0 Å². The lowest BCUT2D eigenvalue weighted by Gasteiger charge is -2.38. The molecule has 18 heavy (non-hydrogen) atoms. The first kappa shape index (κ1) is 13.3. The molecule has 0 aromatic heterocycles. The summed E-state index contributed by atoms with van der Waals surface area (Å²) in [6.45, 7) is 2.37. The predicted octanol–water partition coefficient (Wildman–Crippen LogP) is 3.30. The molecule has 0 amide bonds. The van der Waals surface area contributed by atoms with Gasteiger partial charge in [-0.15, -0.1) is 0 Å². The Morgan fingerprint density at radius 1 is 1.28 bits per heavy atom. The maximum absolute atomic E-state index is 13.6. The van der Waals surface area contributed by atoms with Gasteiger partial charge < -0.3 is 10.5 Å². The van der Waals surface area contributed by atoms with E-state index in [2.05, 4.69) is 0 Å². The number of nitrogens with two attached hydrogens (primary N) is 1. The van der Waals surface area contributed by atoms with Crippen LogP contribution in [-0.4, -0.2) is 13.7 Å². The van der Waals surface area contributed by atoms with Gasteiger partial charge in [0.25, 0.3) is 0 Å². The van der Waals surface area contributed by atoms with Gasteiger partial charge in [-0.3, -0.25) is 0 Å². The van der Waals surface area contributed by atoms with Gasteiger partial charge in [-0.1, -0.05) is 25.3 Å². The van der Waals surface area contributed by atoms with Crippen molar-refractivity contribution in [1.82, 2.24) is 0 Å². The molecule has 3 heteroatoms. The molecule has 0 atom stereocenters. The number of rotatable bonds is 3. The van der Waals surface area contributed by atoms with E-state index in [0.717, 1.165) is 18.4 Å². The van der Waals surface area contributed by atoms with E-state index >= 15 is 0 Å². The van der Waals surface area contributed by atoms with Crippen molar-refractivity contribution in [3.63, 3.8) is 0 Å². The molecule has 1 fully saturated rings. The second-order valence-corrected chi connectivity index (χ2v) is 5.30. The molecule has 0 heterocycles. The Bertz CT molecular complexity index is 425. The quantitative estimate of drug-likeness (QED) is 0.894. The monoisotopic (exact) mass is 251 g/mol. The van der Waals surface area contributed by atoms with E-state index in [4.69, 9.17) is 10.5 Å². The summed E-state index contributed by atoms with van der Waals surface area (Å²) in [5.41, 5.74) is 7.69. The van der Waals surface area contributed by atoms with Crippen LogP contribution in [0.2, 0.25) is 0 Å². The van der Waals surface area contributed by atoms with Gasteiger partial charge in [-0.05, 0) is 25.8 Å². The molecule has 0 spiro atoms. The van der Waals surface area contributed by atoms with Crippen LogP contribution in [0.1, 0.15) is 43.2 Å². The van der Waals surface area contributed by atoms with Gasteiger partial charge in [0.2, 0.25) is 0 Å². The highest BCUT2D eigenvalue weighted by molar-refractivity contribution is 5.46. The maximum Gasteiger partial charge on any atom is 0.129 e. The summed E-state index contributed by atoms with van der Waals surface area (Å²) in [4.78, 5) is 0. The van der Waals surface area contributed by atoms with E-state index in [1.165, 1.54) is 19.3 Å². The SMILES string of the molecule is COc1c(C2(CN)CCCCC2)ccc(F)c1C. The summed E-state index contributed by atoms with van der Waals surface area (Å²) < 4.78 is 19.1. The molecule has 2 N–H and O–H groups in total. The Hall–Kier alpha value is -1.09. The molecule has 100 valence electrons. The van der Waals surface area contributed by atoms with Crippen LogP contribution in [-0.2, 0) is 5.41 Å². The average molecular weight is 251 g/mol. The number of hydrogen-bond acceptors (Lipinski definition) is 2. The normalized spacial score (nSPS) is 18.7.